The van der Waals surface area contributed by atoms with Gasteiger partial charge < -0.3 is 15.3 Å². The molecule has 0 radical (unpaired) electrons. The second kappa shape index (κ2) is 5.25. The monoisotopic (exact) mass is 281 g/mol. The largest absolute Gasteiger partial charge is 0.542 e. The minimum atomic E-state index is -1.92. The van der Waals surface area contributed by atoms with Gasteiger partial charge >= 0.3 is 5.97 Å². The molecule has 4 nitrogen and oxygen atoms in total. The fourth-order valence-electron chi connectivity index (χ4n) is 1.40. The summed E-state index contributed by atoms with van der Waals surface area (Å²) in [4.78, 5) is 10.7. The number of hydrogen-bond donors (Lipinski definition) is 2. The molecule has 0 unspecified atom stereocenters. The average Bonchev–Trinajstić information content (AvgIpc) is 2.19. The second-order valence-corrected chi connectivity index (χ2v) is 11.0. The lowest BCUT2D eigenvalue weighted by molar-refractivity contribution is -0.136. The first-order chi connectivity index (χ1) is 8.53. The Morgan fingerprint density at radius 2 is 1.95 bits per heavy atom. The van der Waals surface area contributed by atoms with Crippen LogP contribution < -0.4 is 10.2 Å². The summed E-state index contributed by atoms with van der Waals surface area (Å²) in [7, 11) is -1.92. The Labute approximate surface area is 115 Å². The van der Waals surface area contributed by atoms with Crippen LogP contribution in [0.1, 0.15) is 26.3 Å². The summed E-state index contributed by atoms with van der Waals surface area (Å²) in [5, 5.41) is 8.85. The van der Waals surface area contributed by atoms with Crippen LogP contribution in [0.4, 0.5) is 5.69 Å². The summed E-state index contributed by atoms with van der Waals surface area (Å²) in [6, 6.07) is 5.21. The quantitative estimate of drug-likeness (QED) is 0.656. The molecular weight excluding hydrogens is 258 g/mol. The summed E-state index contributed by atoms with van der Waals surface area (Å²) < 4.78 is 6.12. The number of carboxylic acids is 1. The maximum absolute atomic E-state index is 10.7. The van der Waals surface area contributed by atoms with E-state index in [2.05, 4.69) is 33.9 Å². The van der Waals surface area contributed by atoms with Crippen LogP contribution in [0.5, 0.6) is 5.75 Å². The smallest absolute Gasteiger partial charge is 0.307 e. The number of nitrogen functional groups attached to an aromatic ring is 1. The number of benzene rings is 1. The van der Waals surface area contributed by atoms with Crippen LogP contribution in [0.2, 0.25) is 18.1 Å². The van der Waals surface area contributed by atoms with E-state index >= 15 is 0 Å². The number of anilines is 1. The van der Waals surface area contributed by atoms with Crippen molar-refractivity contribution in [3.05, 3.63) is 23.8 Å². The summed E-state index contributed by atoms with van der Waals surface area (Å²) in [6.07, 6.45) is -0.0232. The SMILES string of the molecule is CC(C)(C)[Si](C)(C)Oc1ccc(CC(=O)O)cc1N. The van der Waals surface area contributed by atoms with Crippen molar-refractivity contribution in [1.82, 2.24) is 0 Å². The van der Waals surface area contributed by atoms with Crippen LogP contribution in [0, 0.1) is 0 Å². The first-order valence-electron chi connectivity index (χ1n) is 6.32. The maximum atomic E-state index is 10.7. The van der Waals surface area contributed by atoms with Crippen LogP contribution in [0.3, 0.4) is 0 Å². The fraction of sp³-hybridized carbons (Fsp3) is 0.500. The van der Waals surface area contributed by atoms with E-state index in [0.29, 0.717) is 17.0 Å². The van der Waals surface area contributed by atoms with Crippen molar-refractivity contribution >= 4 is 20.0 Å². The number of nitrogens with two attached hydrogens (primary N) is 1. The Morgan fingerprint density at radius 3 is 2.37 bits per heavy atom. The Kier molecular flexibility index (Phi) is 4.30. The highest BCUT2D eigenvalue weighted by molar-refractivity contribution is 6.74. The Morgan fingerprint density at radius 1 is 1.37 bits per heavy atom. The normalized spacial score (nSPS) is 12.3. The highest BCUT2D eigenvalue weighted by atomic mass is 28.4. The van der Waals surface area contributed by atoms with E-state index in [9.17, 15) is 4.79 Å². The van der Waals surface area contributed by atoms with E-state index in [1.54, 1.807) is 18.2 Å². The van der Waals surface area contributed by atoms with Crippen molar-refractivity contribution in [1.29, 1.82) is 0 Å². The van der Waals surface area contributed by atoms with E-state index in [0.717, 1.165) is 0 Å². The average molecular weight is 281 g/mol. The fourth-order valence-corrected chi connectivity index (χ4v) is 2.45. The number of aliphatic carboxylic acids is 1. The van der Waals surface area contributed by atoms with Crippen molar-refractivity contribution in [2.24, 2.45) is 0 Å². The van der Waals surface area contributed by atoms with Crippen LogP contribution in [-0.2, 0) is 11.2 Å². The zero-order valence-electron chi connectivity index (χ0n) is 12.3. The first kappa shape index (κ1) is 15.6. The molecule has 0 spiro atoms. The van der Waals surface area contributed by atoms with Gasteiger partial charge in [-0.05, 0) is 35.8 Å². The van der Waals surface area contributed by atoms with Crippen LogP contribution in [0.25, 0.3) is 0 Å². The van der Waals surface area contributed by atoms with Gasteiger partial charge in [0.2, 0.25) is 0 Å². The van der Waals surface area contributed by atoms with Crippen molar-refractivity contribution in [3.63, 3.8) is 0 Å². The number of hydrogen-bond acceptors (Lipinski definition) is 3. The molecule has 0 aliphatic rings. The van der Waals surface area contributed by atoms with Crippen molar-refractivity contribution < 1.29 is 14.3 Å². The van der Waals surface area contributed by atoms with Gasteiger partial charge in [0.15, 0.2) is 0 Å². The minimum Gasteiger partial charge on any atom is -0.542 e. The summed E-state index contributed by atoms with van der Waals surface area (Å²) in [6.45, 7) is 10.8. The van der Waals surface area contributed by atoms with Gasteiger partial charge in [0.25, 0.3) is 8.32 Å². The van der Waals surface area contributed by atoms with Gasteiger partial charge in [-0.2, -0.15) is 0 Å². The van der Waals surface area contributed by atoms with E-state index in [1.807, 2.05) is 0 Å². The van der Waals surface area contributed by atoms with Gasteiger partial charge in [-0.3, -0.25) is 4.79 Å². The molecule has 3 N–H and O–H groups in total. The summed E-state index contributed by atoms with van der Waals surface area (Å²) >= 11 is 0. The van der Waals surface area contributed by atoms with E-state index < -0.39 is 14.3 Å². The molecule has 0 fully saturated rings. The highest BCUT2D eigenvalue weighted by Gasteiger charge is 2.39. The van der Waals surface area contributed by atoms with Crippen molar-refractivity contribution in [2.75, 3.05) is 5.73 Å². The minimum absolute atomic E-state index is 0.0232. The lowest BCUT2D eigenvalue weighted by Crippen LogP contribution is -2.44. The molecule has 106 valence electrons. The van der Waals surface area contributed by atoms with Crippen molar-refractivity contribution in [3.8, 4) is 5.75 Å². The van der Waals surface area contributed by atoms with Crippen LogP contribution >= 0.6 is 0 Å². The van der Waals surface area contributed by atoms with Gasteiger partial charge in [-0.1, -0.05) is 26.8 Å². The molecule has 0 aliphatic carbocycles. The van der Waals surface area contributed by atoms with Gasteiger partial charge in [0, 0.05) is 0 Å². The Balaban J connectivity index is 2.95. The van der Waals surface area contributed by atoms with Gasteiger partial charge in [-0.25, -0.2) is 0 Å². The standard InChI is InChI=1S/C14H23NO3Si/c1-14(2,3)19(4,5)18-12-7-6-10(8-11(12)15)9-13(16)17/h6-8H,9,15H2,1-5H3,(H,16,17). The maximum Gasteiger partial charge on any atom is 0.307 e. The molecule has 5 heteroatoms. The van der Waals surface area contributed by atoms with Gasteiger partial charge in [0.1, 0.15) is 5.75 Å². The summed E-state index contributed by atoms with van der Waals surface area (Å²) in [5.74, 6) is -0.210. The molecule has 1 aromatic rings. The molecule has 1 rings (SSSR count). The third kappa shape index (κ3) is 3.99. The summed E-state index contributed by atoms with van der Waals surface area (Å²) in [5.41, 5.74) is 7.14. The number of carbonyl (C=O) groups is 1. The molecule has 0 saturated carbocycles. The predicted octanol–water partition coefficient (Wildman–Crippen LogP) is 3.28. The van der Waals surface area contributed by atoms with Crippen LogP contribution in [-0.4, -0.2) is 19.4 Å². The molecule has 0 aliphatic heterocycles. The first-order valence-corrected chi connectivity index (χ1v) is 9.23. The van der Waals surface area contributed by atoms with Crippen molar-refractivity contribution in [2.45, 2.75) is 45.3 Å². The van der Waals surface area contributed by atoms with E-state index in [4.69, 9.17) is 15.3 Å². The van der Waals surface area contributed by atoms with E-state index in [-0.39, 0.29) is 11.5 Å². The molecule has 0 saturated heterocycles. The lowest BCUT2D eigenvalue weighted by Gasteiger charge is -2.36. The van der Waals surface area contributed by atoms with Gasteiger partial charge in [-0.15, -0.1) is 0 Å². The van der Waals surface area contributed by atoms with Gasteiger partial charge in [0.05, 0.1) is 12.1 Å². The number of carboxylic acid groups (broad SMARTS) is 1. The molecule has 19 heavy (non-hydrogen) atoms. The second-order valence-electron chi connectivity index (χ2n) is 6.31. The zero-order chi connectivity index (χ0) is 14.8. The lowest BCUT2D eigenvalue weighted by atomic mass is 10.1. The molecule has 0 atom stereocenters. The number of rotatable bonds is 4. The van der Waals surface area contributed by atoms with E-state index in [1.165, 1.54) is 0 Å². The molecule has 0 amide bonds. The third-order valence-corrected chi connectivity index (χ3v) is 7.94. The highest BCUT2D eigenvalue weighted by Crippen LogP contribution is 2.38. The molecular formula is C14H23NO3Si. The molecule has 0 heterocycles. The predicted molar refractivity (Wildman–Crippen MR) is 80.0 cm³/mol. The third-order valence-electron chi connectivity index (χ3n) is 3.60. The molecule has 0 bridgehead atoms. The molecule has 0 aromatic heterocycles. The Bertz CT molecular complexity index is 478. The molecule has 1 aromatic carbocycles. The topological polar surface area (TPSA) is 72.5 Å². The Hall–Kier alpha value is -1.49. The zero-order valence-corrected chi connectivity index (χ0v) is 13.3. The van der Waals surface area contributed by atoms with Crippen LogP contribution in [0.15, 0.2) is 18.2 Å².